The van der Waals surface area contributed by atoms with Gasteiger partial charge in [0.15, 0.2) is 11.2 Å². The van der Waals surface area contributed by atoms with Crippen molar-refractivity contribution >= 4 is 23.3 Å². The van der Waals surface area contributed by atoms with Gasteiger partial charge in [0.25, 0.3) is 5.43 Å². The van der Waals surface area contributed by atoms with Gasteiger partial charge in [-0.05, 0) is 6.26 Å². The van der Waals surface area contributed by atoms with Crippen LogP contribution < -0.4 is 15.2 Å². The van der Waals surface area contributed by atoms with Gasteiger partial charge in [-0.3, -0.25) is 10.7 Å². The van der Waals surface area contributed by atoms with E-state index in [1.54, 1.807) is 30.3 Å². The lowest BCUT2D eigenvalue weighted by molar-refractivity contribution is -0.645. The van der Waals surface area contributed by atoms with Gasteiger partial charge in [-0.2, -0.15) is 0 Å². The summed E-state index contributed by atoms with van der Waals surface area (Å²) in [5, 5.41) is 13.7. The Bertz CT molecular complexity index is 657. The molecule has 0 aliphatic heterocycles. The van der Waals surface area contributed by atoms with Crippen LogP contribution in [0.2, 0.25) is 0 Å². The second kappa shape index (κ2) is 3.49. The second-order valence-corrected chi connectivity index (χ2v) is 3.80. The van der Waals surface area contributed by atoms with Crippen molar-refractivity contribution in [2.24, 2.45) is 7.05 Å². The summed E-state index contributed by atoms with van der Waals surface area (Å²) in [5.74, 6) is 1.90. The maximum absolute atomic E-state index is 11.9. The van der Waals surface area contributed by atoms with Crippen LogP contribution in [0.25, 0.3) is 11.1 Å². The van der Waals surface area contributed by atoms with Crippen LogP contribution in [-0.2, 0) is 7.05 Å². The summed E-state index contributed by atoms with van der Waals surface area (Å²) in [6, 6.07) is 0. The smallest absolute Gasteiger partial charge is 0.356 e. The van der Waals surface area contributed by atoms with Gasteiger partial charge >= 0.3 is 5.65 Å². The highest BCUT2D eigenvalue weighted by molar-refractivity contribution is 7.98. The Kier molecular flexibility index (Phi) is 2.30. The normalized spacial score (nSPS) is 10.5. The van der Waals surface area contributed by atoms with E-state index in [0.29, 0.717) is 10.7 Å². The van der Waals surface area contributed by atoms with Crippen molar-refractivity contribution in [1.29, 1.82) is 0 Å². The highest BCUT2D eigenvalue weighted by Crippen LogP contribution is 2.02. The van der Waals surface area contributed by atoms with E-state index in [-0.39, 0.29) is 10.6 Å². The first kappa shape index (κ1) is 9.89. The molecule has 2 aromatic rings. The minimum Gasteiger partial charge on any atom is -0.763 e. The number of fused-ring (bicyclic) bond motifs is 1. The van der Waals surface area contributed by atoms with Gasteiger partial charge in [0.2, 0.25) is 0 Å². The lowest BCUT2D eigenvalue weighted by Crippen LogP contribution is -2.39. The van der Waals surface area contributed by atoms with Crippen molar-refractivity contribution in [3.05, 3.63) is 33.2 Å². The van der Waals surface area contributed by atoms with Gasteiger partial charge < -0.3 is 5.41 Å². The third kappa shape index (κ3) is 1.35. The minimum atomic E-state index is -0.274. The van der Waals surface area contributed by atoms with Crippen molar-refractivity contribution in [3.8, 4) is 0 Å². The maximum Gasteiger partial charge on any atom is 0.356 e. The van der Waals surface area contributed by atoms with E-state index in [1.165, 1.54) is 16.3 Å². The maximum atomic E-state index is 11.9. The summed E-state index contributed by atoms with van der Waals surface area (Å²) in [7, 11) is 1.75. The fourth-order valence-electron chi connectivity index (χ4n) is 1.41. The number of imidazole rings is 1. The number of rotatable bonds is 1. The molecule has 2 heterocycles. The molecule has 0 spiro atoms. The SMILES string of the molecule is CSc1nn2cc[n+](C)c2c(=O)c1=C=[N-]. The van der Waals surface area contributed by atoms with Crippen LogP contribution in [0.4, 0.5) is 0 Å². The predicted molar refractivity (Wildman–Crippen MR) is 57.1 cm³/mol. The molecule has 0 N–H and O–H groups in total. The Morgan fingerprint density at radius 2 is 2.40 bits per heavy atom. The monoisotopic (exact) mass is 220 g/mol. The van der Waals surface area contributed by atoms with Crippen molar-refractivity contribution in [3.63, 3.8) is 0 Å². The van der Waals surface area contributed by atoms with Crippen LogP contribution in [0.3, 0.4) is 0 Å². The third-order valence-corrected chi connectivity index (χ3v) is 2.80. The van der Waals surface area contributed by atoms with E-state index in [0.717, 1.165) is 0 Å². The Morgan fingerprint density at radius 1 is 1.67 bits per heavy atom. The molecule has 0 aliphatic rings. The van der Waals surface area contributed by atoms with Gasteiger partial charge in [-0.1, -0.05) is 9.61 Å². The highest BCUT2D eigenvalue weighted by atomic mass is 32.2. The molecule has 15 heavy (non-hydrogen) atoms. The molecule has 2 rings (SSSR count). The summed E-state index contributed by atoms with van der Waals surface area (Å²) < 4.78 is 3.15. The third-order valence-electron chi connectivity index (χ3n) is 2.13. The molecule has 2 aromatic heterocycles. The van der Waals surface area contributed by atoms with Crippen molar-refractivity contribution < 1.29 is 4.57 Å². The van der Waals surface area contributed by atoms with E-state index < -0.39 is 0 Å². The first-order valence-corrected chi connectivity index (χ1v) is 5.43. The quantitative estimate of drug-likeness (QED) is 0.347. The average Bonchev–Trinajstić information content (AvgIpc) is 2.60. The first-order chi connectivity index (χ1) is 7.19. The number of thioether (sulfide) groups is 1. The molecule has 0 aliphatic carbocycles. The molecule has 5 nitrogen and oxygen atoms in total. The summed E-state index contributed by atoms with van der Waals surface area (Å²) in [6.45, 7) is 0. The van der Waals surface area contributed by atoms with Crippen LogP contribution in [0.1, 0.15) is 0 Å². The summed E-state index contributed by atoms with van der Waals surface area (Å²) >= 11 is 1.29. The molecular formula is C9H8N4OS. The molecule has 0 saturated heterocycles. The van der Waals surface area contributed by atoms with E-state index in [9.17, 15) is 4.79 Å². The topological polar surface area (TPSA) is 60.5 Å². The molecule has 0 aromatic carbocycles. The molecule has 0 amide bonds. The summed E-state index contributed by atoms with van der Waals surface area (Å²) in [5.41, 5.74) is 0.133. The highest BCUT2D eigenvalue weighted by Gasteiger charge is 2.15. The molecule has 6 heteroatoms. The number of hydrogen-bond donors (Lipinski definition) is 0. The van der Waals surface area contributed by atoms with Crippen molar-refractivity contribution in [2.45, 2.75) is 5.03 Å². The lowest BCUT2D eigenvalue weighted by atomic mass is 10.4. The Morgan fingerprint density at radius 3 is 3.00 bits per heavy atom. The Labute approximate surface area is 89.5 Å². The van der Waals surface area contributed by atoms with E-state index in [2.05, 4.69) is 5.10 Å². The molecule has 0 unspecified atom stereocenters. The van der Waals surface area contributed by atoms with Crippen molar-refractivity contribution in [2.75, 3.05) is 6.26 Å². The molecule has 76 valence electrons. The fourth-order valence-corrected chi connectivity index (χ4v) is 1.92. The van der Waals surface area contributed by atoms with Gasteiger partial charge in [0.1, 0.15) is 6.20 Å². The molecule has 0 radical (unpaired) electrons. The second-order valence-electron chi connectivity index (χ2n) is 3.00. The number of aromatic nitrogens is 3. The average molecular weight is 220 g/mol. The van der Waals surface area contributed by atoms with Crippen LogP contribution in [0.5, 0.6) is 0 Å². The molecule has 0 atom stereocenters. The molecule has 0 saturated carbocycles. The van der Waals surface area contributed by atoms with Crippen LogP contribution in [-0.4, -0.2) is 21.7 Å². The molecule has 0 bridgehead atoms. The zero-order chi connectivity index (χ0) is 11.0. The van der Waals surface area contributed by atoms with Gasteiger partial charge in [0.05, 0.1) is 12.3 Å². The van der Waals surface area contributed by atoms with Gasteiger partial charge in [-0.25, -0.2) is 4.57 Å². The summed E-state index contributed by atoms with van der Waals surface area (Å²) in [6.07, 6.45) is 5.21. The van der Waals surface area contributed by atoms with E-state index in [4.69, 9.17) is 5.41 Å². The largest absolute Gasteiger partial charge is 0.763 e. The summed E-state index contributed by atoms with van der Waals surface area (Å²) in [4.78, 5) is 11.9. The Balaban J connectivity index is 3.12. The van der Waals surface area contributed by atoms with E-state index >= 15 is 0 Å². The van der Waals surface area contributed by atoms with E-state index in [1.807, 2.05) is 5.87 Å². The molecular weight excluding hydrogens is 212 g/mol. The Hall–Kier alpha value is -1.65. The van der Waals surface area contributed by atoms with Crippen LogP contribution in [0, 0.1) is 0 Å². The minimum absolute atomic E-state index is 0.115. The van der Waals surface area contributed by atoms with Crippen LogP contribution >= 0.6 is 11.8 Å². The van der Waals surface area contributed by atoms with Crippen molar-refractivity contribution in [1.82, 2.24) is 9.61 Å². The fraction of sp³-hybridized carbons (Fsp3) is 0.222. The lowest BCUT2D eigenvalue weighted by Gasteiger charge is -1.93. The van der Waals surface area contributed by atoms with Gasteiger partial charge in [0, 0.05) is 0 Å². The zero-order valence-corrected chi connectivity index (χ0v) is 9.08. The predicted octanol–water partition coefficient (Wildman–Crippen LogP) is -1.13. The number of nitrogens with zero attached hydrogens (tertiary/aromatic N) is 4. The standard InChI is InChI=1S/C9H8N4OS/c1-12-3-4-13-9(12)7(14)6(5-10)8(11-13)15-2/h3-4H,1-2H3. The zero-order valence-electron chi connectivity index (χ0n) is 8.26. The molecule has 0 fully saturated rings. The number of hydrogen-bond acceptors (Lipinski definition) is 3. The van der Waals surface area contributed by atoms with Gasteiger partial charge in [-0.15, -0.1) is 11.8 Å². The van der Waals surface area contributed by atoms with Crippen LogP contribution in [0.15, 0.2) is 22.2 Å². The first-order valence-electron chi connectivity index (χ1n) is 4.21. The number of aryl methyl sites for hydroxylation is 1.